The Morgan fingerprint density at radius 2 is 1.87 bits per heavy atom. The maximum absolute atomic E-state index is 11.8. The Labute approximate surface area is 181 Å². The quantitative estimate of drug-likeness (QED) is 0.408. The van der Waals surface area contributed by atoms with Gasteiger partial charge >= 0.3 is 5.97 Å². The van der Waals surface area contributed by atoms with E-state index in [0.29, 0.717) is 18.0 Å². The summed E-state index contributed by atoms with van der Waals surface area (Å²) in [6, 6.07) is 14.3. The fourth-order valence-corrected chi connectivity index (χ4v) is 5.62. The molecule has 0 unspecified atom stereocenters. The van der Waals surface area contributed by atoms with Crippen molar-refractivity contribution in [2.24, 2.45) is 0 Å². The van der Waals surface area contributed by atoms with Crippen molar-refractivity contribution >= 4 is 16.9 Å². The third kappa shape index (κ3) is 2.91. The van der Waals surface area contributed by atoms with E-state index >= 15 is 0 Å². The van der Waals surface area contributed by atoms with Crippen LogP contribution in [0.25, 0.3) is 22.2 Å². The summed E-state index contributed by atoms with van der Waals surface area (Å²) < 4.78 is 4.53. The van der Waals surface area contributed by atoms with Gasteiger partial charge in [0.05, 0.1) is 23.3 Å². The molecule has 5 nitrogen and oxygen atoms in total. The summed E-state index contributed by atoms with van der Waals surface area (Å²) >= 11 is 0. The molecule has 2 aromatic carbocycles. The third-order valence-electron chi connectivity index (χ3n) is 7.08. The highest BCUT2D eigenvalue weighted by atomic mass is 16.4. The van der Waals surface area contributed by atoms with Crippen LogP contribution in [0.15, 0.2) is 54.9 Å². The zero-order valence-electron chi connectivity index (χ0n) is 17.4. The first-order valence-corrected chi connectivity index (χ1v) is 11.2. The fourth-order valence-electron chi connectivity index (χ4n) is 5.62. The summed E-state index contributed by atoms with van der Waals surface area (Å²) in [5, 5.41) is 10.9. The number of carboxylic acid groups (broad SMARTS) is 1. The summed E-state index contributed by atoms with van der Waals surface area (Å²) in [4.78, 5) is 16.4. The highest BCUT2D eigenvalue weighted by Crippen LogP contribution is 2.45. The molecule has 1 saturated carbocycles. The van der Waals surface area contributed by atoms with Gasteiger partial charge in [0.15, 0.2) is 0 Å². The second-order valence-electron chi connectivity index (χ2n) is 8.85. The number of rotatable bonds is 2. The zero-order valence-corrected chi connectivity index (χ0v) is 17.4. The molecular weight excluding hydrogens is 386 g/mol. The molecule has 0 amide bonds. The first-order valence-electron chi connectivity index (χ1n) is 11.2. The highest BCUT2D eigenvalue weighted by molar-refractivity contribution is 5.98. The van der Waals surface area contributed by atoms with Gasteiger partial charge in [-0.3, -0.25) is 0 Å². The summed E-state index contributed by atoms with van der Waals surface area (Å²) in [6.07, 6.45) is 10.1. The Hall–Kier alpha value is -3.34. The fraction of sp³-hybridized carbons (Fsp3) is 0.308. The standard InChI is InChI=1S/C26H25N3O2/c30-26(31)18-10-11-21-22(14-18)29-16-23-27-12-13-28(23)15-19-8-4-5-9-20(19)25(29)24(21)17-6-2-1-3-7-17/h4-5,8-14,17H,1-3,6-7,15-16H2,(H,30,31). The van der Waals surface area contributed by atoms with Gasteiger partial charge in [-0.05, 0) is 42.0 Å². The molecule has 1 N–H and O–H groups in total. The largest absolute Gasteiger partial charge is 0.478 e. The van der Waals surface area contributed by atoms with Gasteiger partial charge in [-0.1, -0.05) is 49.6 Å². The van der Waals surface area contributed by atoms with E-state index in [4.69, 9.17) is 0 Å². The van der Waals surface area contributed by atoms with Gasteiger partial charge in [-0.25, -0.2) is 9.78 Å². The summed E-state index contributed by atoms with van der Waals surface area (Å²) in [6.45, 7) is 1.44. The van der Waals surface area contributed by atoms with Crippen molar-refractivity contribution < 1.29 is 9.90 Å². The van der Waals surface area contributed by atoms with Gasteiger partial charge in [0.2, 0.25) is 0 Å². The zero-order chi connectivity index (χ0) is 20.9. The van der Waals surface area contributed by atoms with Crippen LogP contribution < -0.4 is 0 Å². The van der Waals surface area contributed by atoms with Gasteiger partial charge in [0, 0.05) is 29.9 Å². The van der Waals surface area contributed by atoms with Crippen molar-refractivity contribution in [3.63, 3.8) is 0 Å². The number of imidazole rings is 1. The van der Waals surface area contributed by atoms with Crippen LogP contribution in [0.1, 0.15) is 65.3 Å². The summed E-state index contributed by atoms with van der Waals surface area (Å²) in [5.74, 6) is 0.628. The molecule has 4 aromatic rings. The Morgan fingerprint density at radius 3 is 2.71 bits per heavy atom. The molecule has 0 atom stereocenters. The third-order valence-corrected chi connectivity index (χ3v) is 7.08. The molecule has 1 aliphatic carbocycles. The van der Waals surface area contributed by atoms with E-state index < -0.39 is 5.97 Å². The lowest BCUT2D eigenvalue weighted by Crippen LogP contribution is -2.15. The van der Waals surface area contributed by atoms with Crippen LogP contribution in [0, 0.1) is 0 Å². The second-order valence-corrected chi connectivity index (χ2v) is 8.85. The average molecular weight is 412 g/mol. The number of benzene rings is 2. The molecule has 0 bridgehead atoms. The van der Waals surface area contributed by atoms with E-state index in [2.05, 4.69) is 38.4 Å². The molecular formula is C26H25N3O2. The maximum Gasteiger partial charge on any atom is 0.335 e. The van der Waals surface area contributed by atoms with Gasteiger partial charge in [-0.2, -0.15) is 0 Å². The van der Waals surface area contributed by atoms with Crippen LogP contribution in [-0.4, -0.2) is 25.2 Å². The molecule has 0 saturated heterocycles. The number of aromatic carboxylic acids is 1. The molecule has 1 fully saturated rings. The minimum Gasteiger partial charge on any atom is -0.478 e. The molecule has 3 heterocycles. The van der Waals surface area contributed by atoms with Crippen LogP contribution in [0.5, 0.6) is 0 Å². The lowest BCUT2D eigenvalue weighted by Gasteiger charge is -2.25. The SMILES string of the molecule is O=C(O)c1ccc2c(C3CCCCC3)c3n(c2c1)Cc1nccn1Cc1ccccc1-3. The van der Waals surface area contributed by atoms with Crippen LogP contribution in [0.3, 0.4) is 0 Å². The molecule has 1 aliphatic heterocycles. The summed E-state index contributed by atoms with van der Waals surface area (Å²) in [5.41, 5.74) is 6.54. The van der Waals surface area contributed by atoms with E-state index in [1.807, 2.05) is 24.5 Å². The number of hydrogen-bond donors (Lipinski definition) is 1. The van der Waals surface area contributed by atoms with E-state index in [0.717, 1.165) is 17.9 Å². The van der Waals surface area contributed by atoms with Gasteiger partial charge < -0.3 is 14.2 Å². The number of fused-ring (bicyclic) bond motifs is 6. The van der Waals surface area contributed by atoms with E-state index in [9.17, 15) is 9.90 Å². The van der Waals surface area contributed by atoms with Crippen molar-refractivity contribution in [3.05, 3.63) is 77.4 Å². The Morgan fingerprint density at radius 1 is 1.03 bits per heavy atom. The minimum atomic E-state index is -0.885. The van der Waals surface area contributed by atoms with Crippen LogP contribution in [0.4, 0.5) is 0 Å². The molecule has 2 aromatic heterocycles. The number of aromatic nitrogens is 3. The van der Waals surface area contributed by atoms with E-state index in [1.165, 1.54) is 59.9 Å². The predicted molar refractivity (Wildman–Crippen MR) is 121 cm³/mol. The molecule has 6 rings (SSSR count). The average Bonchev–Trinajstić information content (AvgIpc) is 3.35. The maximum atomic E-state index is 11.8. The first-order chi connectivity index (χ1) is 15.2. The van der Waals surface area contributed by atoms with Gasteiger partial charge in [-0.15, -0.1) is 0 Å². The lowest BCUT2D eigenvalue weighted by molar-refractivity contribution is 0.0697. The topological polar surface area (TPSA) is 60.0 Å². The molecule has 156 valence electrons. The molecule has 0 radical (unpaired) electrons. The summed E-state index contributed by atoms with van der Waals surface area (Å²) in [7, 11) is 0. The van der Waals surface area contributed by atoms with Crippen molar-refractivity contribution in [1.82, 2.24) is 14.1 Å². The number of hydrogen-bond acceptors (Lipinski definition) is 2. The smallest absolute Gasteiger partial charge is 0.335 e. The monoisotopic (exact) mass is 411 g/mol. The lowest BCUT2D eigenvalue weighted by atomic mass is 9.81. The Balaban J connectivity index is 1.72. The second kappa shape index (κ2) is 7.12. The Kier molecular flexibility index (Phi) is 4.23. The van der Waals surface area contributed by atoms with Crippen molar-refractivity contribution in [2.75, 3.05) is 0 Å². The number of carboxylic acids is 1. The van der Waals surface area contributed by atoms with Crippen molar-refractivity contribution in [3.8, 4) is 11.3 Å². The first kappa shape index (κ1) is 18.4. The predicted octanol–water partition coefficient (Wildman–Crippen LogP) is 5.66. The highest BCUT2D eigenvalue weighted by Gasteiger charge is 2.29. The van der Waals surface area contributed by atoms with E-state index in [-0.39, 0.29) is 0 Å². The Bertz CT molecular complexity index is 1310. The normalized spacial score (nSPS) is 16.3. The van der Waals surface area contributed by atoms with E-state index in [1.54, 1.807) is 6.07 Å². The van der Waals surface area contributed by atoms with Gasteiger partial charge in [0.25, 0.3) is 0 Å². The number of nitrogens with zero attached hydrogens (tertiary/aromatic N) is 3. The van der Waals surface area contributed by atoms with Crippen molar-refractivity contribution in [1.29, 1.82) is 0 Å². The van der Waals surface area contributed by atoms with Gasteiger partial charge in [0.1, 0.15) is 5.82 Å². The van der Waals surface area contributed by atoms with Crippen LogP contribution in [-0.2, 0) is 13.1 Å². The molecule has 0 spiro atoms. The van der Waals surface area contributed by atoms with Crippen LogP contribution >= 0.6 is 0 Å². The van der Waals surface area contributed by atoms with Crippen molar-refractivity contribution in [2.45, 2.75) is 51.1 Å². The molecule has 31 heavy (non-hydrogen) atoms. The number of carbonyl (C=O) groups is 1. The molecule has 2 aliphatic rings. The van der Waals surface area contributed by atoms with Crippen LogP contribution in [0.2, 0.25) is 0 Å². The molecule has 5 heteroatoms. The minimum absolute atomic E-state index is 0.335.